The van der Waals surface area contributed by atoms with Crippen molar-refractivity contribution in [2.24, 2.45) is 0 Å². The topological polar surface area (TPSA) is 46.6 Å². The van der Waals surface area contributed by atoms with E-state index < -0.39 is 12.1 Å². The Balaban J connectivity index is 2.16. The third-order valence-corrected chi connectivity index (χ3v) is 4.03. The monoisotopic (exact) mass is 387 g/mol. The van der Waals surface area contributed by atoms with Crippen LogP contribution in [0.15, 0.2) is 65.1 Å². The molecule has 1 atom stereocenters. The highest BCUT2D eigenvalue weighted by molar-refractivity contribution is 9.10. The lowest BCUT2D eigenvalue weighted by Crippen LogP contribution is -2.30. The number of likely N-dealkylation sites (N-methyl/N-ethyl adjacent to an activating group) is 1. The summed E-state index contributed by atoms with van der Waals surface area (Å²) in [5, 5.41) is 0. The van der Waals surface area contributed by atoms with Gasteiger partial charge >= 0.3 is 5.97 Å². The Kier molecular flexibility index (Phi) is 6.32. The van der Waals surface area contributed by atoms with E-state index in [1.807, 2.05) is 30.3 Å². The summed E-state index contributed by atoms with van der Waals surface area (Å²) in [6.45, 7) is 0. The highest BCUT2D eigenvalue weighted by atomic mass is 79.9. The molecule has 24 heavy (non-hydrogen) atoms. The molecule has 0 unspecified atom stereocenters. The number of esters is 1. The van der Waals surface area contributed by atoms with Crippen LogP contribution >= 0.6 is 15.9 Å². The van der Waals surface area contributed by atoms with E-state index in [0.29, 0.717) is 5.56 Å². The minimum atomic E-state index is -0.961. The highest BCUT2D eigenvalue weighted by Gasteiger charge is 2.25. The quantitative estimate of drug-likeness (QED) is 0.578. The van der Waals surface area contributed by atoms with Crippen molar-refractivity contribution in [1.29, 1.82) is 0 Å². The summed E-state index contributed by atoms with van der Waals surface area (Å²) >= 11 is 3.41. The lowest BCUT2D eigenvalue weighted by atomic mass is 10.1. The van der Waals surface area contributed by atoms with Crippen molar-refractivity contribution in [3.63, 3.8) is 0 Å². The van der Waals surface area contributed by atoms with Crippen LogP contribution in [0.25, 0.3) is 6.08 Å². The molecule has 124 valence electrons. The van der Waals surface area contributed by atoms with E-state index in [2.05, 4.69) is 15.9 Å². The zero-order chi connectivity index (χ0) is 17.5. The molecule has 0 spiro atoms. The number of rotatable bonds is 5. The number of benzene rings is 2. The lowest BCUT2D eigenvalue weighted by Gasteiger charge is -2.20. The summed E-state index contributed by atoms with van der Waals surface area (Å²) in [6.07, 6.45) is 2.01. The van der Waals surface area contributed by atoms with Gasteiger partial charge in [-0.3, -0.25) is 4.79 Å². The van der Waals surface area contributed by atoms with E-state index in [0.717, 1.165) is 10.0 Å². The second-order valence-corrected chi connectivity index (χ2v) is 6.17. The van der Waals surface area contributed by atoms with E-state index in [9.17, 15) is 9.59 Å². The molecule has 4 nitrogen and oxygen atoms in total. The number of ether oxygens (including phenoxy) is 1. The third-order valence-electron chi connectivity index (χ3n) is 3.31. The van der Waals surface area contributed by atoms with Gasteiger partial charge in [-0.15, -0.1) is 0 Å². The van der Waals surface area contributed by atoms with Crippen molar-refractivity contribution >= 4 is 33.9 Å². The van der Waals surface area contributed by atoms with Gasteiger partial charge in [0.1, 0.15) is 0 Å². The number of carbonyl (C=O) groups is 2. The zero-order valence-corrected chi connectivity index (χ0v) is 15.1. The van der Waals surface area contributed by atoms with Gasteiger partial charge in [-0.05, 0) is 17.7 Å². The van der Waals surface area contributed by atoms with Gasteiger partial charge in [0.15, 0.2) is 0 Å². The van der Waals surface area contributed by atoms with Gasteiger partial charge in [0.05, 0.1) is 0 Å². The van der Waals surface area contributed by atoms with Crippen LogP contribution in [0.5, 0.6) is 0 Å². The first kappa shape index (κ1) is 17.9. The highest BCUT2D eigenvalue weighted by Crippen LogP contribution is 2.21. The molecule has 5 heteroatoms. The Morgan fingerprint density at radius 1 is 1.04 bits per heavy atom. The summed E-state index contributed by atoms with van der Waals surface area (Å²) in [5.74, 6) is -0.862. The van der Waals surface area contributed by atoms with Crippen LogP contribution in [0.4, 0.5) is 0 Å². The molecule has 0 aliphatic rings. The molecule has 0 saturated heterocycles. The molecule has 0 saturated carbocycles. The van der Waals surface area contributed by atoms with Crippen LogP contribution in [0.1, 0.15) is 17.2 Å². The first-order valence-electron chi connectivity index (χ1n) is 7.38. The molecular formula is C19H18BrNO3. The maximum Gasteiger partial charge on any atom is 0.331 e. The van der Waals surface area contributed by atoms with Crippen molar-refractivity contribution in [2.45, 2.75) is 6.10 Å². The van der Waals surface area contributed by atoms with Crippen LogP contribution in [-0.4, -0.2) is 30.9 Å². The fourth-order valence-corrected chi connectivity index (χ4v) is 2.46. The molecule has 0 heterocycles. The van der Waals surface area contributed by atoms with E-state index >= 15 is 0 Å². The Labute approximate surface area is 149 Å². The number of amides is 1. The number of carbonyl (C=O) groups excluding carboxylic acids is 2. The summed E-state index contributed by atoms with van der Waals surface area (Å²) < 4.78 is 6.26. The van der Waals surface area contributed by atoms with Crippen molar-refractivity contribution in [2.75, 3.05) is 14.1 Å². The molecule has 0 aromatic heterocycles. The minimum absolute atomic E-state index is 0.288. The molecule has 2 aromatic rings. The molecular weight excluding hydrogens is 370 g/mol. The molecule has 0 aliphatic carbocycles. The van der Waals surface area contributed by atoms with Crippen molar-refractivity contribution < 1.29 is 14.3 Å². The van der Waals surface area contributed by atoms with Gasteiger partial charge in [0.25, 0.3) is 5.91 Å². The summed E-state index contributed by atoms with van der Waals surface area (Å²) in [7, 11) is 3.26. The van der Waals surface area contributed by atoms with Crippen LogP contribution in [0.2, 0.25) is 0 Å². The normalized spacial score (nSPS) is 12.0. The summed E-state index contributed by atoms with van der Waals surface area (Å²) in [4.78, 5) is 25.9. The molecule has 0 radical (unpaired) electrons. The van der Waals surface area contributed by atoms with Crippen molar-refractivity contribution in [1.82, 2.24) is 4.90 Å². The van der Waals surface area contributed by atoms with E-state index in [4.69, 9.17) is 4.74 Å². The summed E-state index contributed by atoms with van der Waals surface area (Å²) in [6, 6.07) is 16.5. The first-order valence-corrected chi connectivity index (χ1v) is 8.17. The number of halogens is 1. The minimum Gasteiger partial charge on any atom is -0.444 e. The average molecular weight is 388 g/mol. The summed E-state index contributed by atoms with van der Waals surface area (Å²) in [5.41, 5.74) is 1.49. The van der Waals surface area contributed by atoms with Crippen LogP contribution < -0.4 is 0 Å². The Morgan fingerprint density at radius 2 is 1.67 bits per heavy atom. The van der Waals surface area contributed by atoms with Crippen molar-refractivity contribution in [3.05, 3.63) is 76.3 Å². The Bertz CT molecular complexity index is 741. The molecule has 2 rings (SSSR count). The van der Waals surface area contributed by atoms with Crippen LogP contribution in [0, 0.1) is 0 Å². The number of nitrogens with zero attached hydrogens (tertiary/aromatic N) is 1. The Hall–Kier alpha value is -2.40. The fourth-order valence-electron chi connectivity index (χ4n) is 2.05. The van der Waals surface area contributed by atoms with Gasteiger partial charge in [0, 0.05) is 30.2 Å². The second kappa shape index (κ2) is 8.45. The van der Waals surface area contributed by atoms with E-state index in [-0.39, 0.29) is 5.91 Å². The average Bonchev–Trinajstić information content (AvgIpc) is 2.59. The largest absolute Gasteiger partial charge is 0.444 e. The molecule has 0 N–H and O–H groups in total. The van der Waals surface area contributed by atoms with Crippen LogP contribution in [0.3, 0.4) is 0 Å². The van der Waals surface area contributed by atoms with Gasteiger partial charge in [-0.1, -0.05) is 64.5 Å². The predicted molar refractivity (Wildman–Crippen MR) is 97.1 cm³/mol. The molecule has 0 aliphatic heterocycles. The van der Waals surface area contributed by atoms with Crippen LogP contribution in [-0.2, 0) is 14.3 Å². The Morgan fingerprint density at radius 3 is 2.29 bits per heavy atom. The smallest absolute Gasteiger partial charge is 0.331 e. The molecule has 2 aromatic carbocycles. The standard InChI is InChI=1S/C19H18BrNO3/c1-21(2)19(23)18(15-9-4-3-5-10-15)24-17(22)13-12-14-8-6-7-11-16(14)20/h3-13,18H,1-2H3/b13-12+/t18-/m0/s1. The lowest BCUT2D eigenvalue weighted by molar-refractivity contribution is -0.155. The maximum absolute atomic E-state index is 12.3. The SMILES string of the molecule is CN(C)C(=O)[C@@H](OC(=O)/C=C/c1ccccc1Br)c1ccccc1. The van der Waals surface area contributed by atoms with Gasteiger partial charge in [-0.2, -0.15) is 0 Å². The van der Waals surface area contributed by atoms with Gasteiger partial charge in [-0.25, -0.2) is 4.79 Å². The van der Waals surface area contributed by atoms with Crippen molar-refractivity contribution in [3.8, 4) is 0 Å². The van der Waals surface area contributed by atoms with E-state index in [1.165, 1.54) is 11.0 Å². The third kappa shape index (κ3) is 4.80. The van der Waals surface area contributed by atoms with Gasteiger partial charge < -0.3 is 9.64 Å². The maximum atomic E-state index is 12.3. The predicted octanol–water partition coefficient (Wildman–Crippen LogP) is 3.84. The fraction of sp³-hybridized carbons (Fsp3) is 0.158. The second-order valence-electron chi connectivity index (χ2n) is 5.32. The molecule has 0 fully saturated rings. The number of hydrogen-bond acceptors (Lipinski definition) is 3. The first-order chi connectivity index (χ1) is 11.5. The van der Waals surface area contributed by atoms with E-state index in [1.54, 1.807) is 44.4 Å². The molecule has 0 bridgehead atoms. The van der Waals surface area contributed by atoms with Gasteiger partial charge in [0.2, 0.25) is 6.10 Å². The molecule has 1 amide bonds. The number of hydrogen-bond donors (Lipinski definition) is 0. The zero-order valence-electron chi connectivity index (χ0n) is 13.5.